The molecule has 4 nitrogen and oxygen atoms in total. The molecule has 0 saturated carbocycles. The molecule has 66 heavy (non-hydrogen) atoms. The second-order valence-electron chi connectivity index (χ2n) is 17.0. The van der Waals surface area contributed by atoms with Gasteiger partial charge in [0.05, 0.1) is 33.3 Å². The lowest BCUT2D eigenvalue weighted by molar-refractivity contribution is 1.18. The number of benzene rings is 10. The molecule has 13 aromatic rings. The number of fused-ring (bicyclic) bond motifs is 7. The normalized spacial score (nSPS) is 11.6. The van der Waals surface area contributed by atoms with Crippen molar-refractivity contribution < 1.29 is 0 Å². The molecule has 0 spiro atoms. The Morgan fingerprint density at radius 3 is 1.18 bits per heavy atom. The average molecular weight is 841 g/mol. The van der Waals surface area contributed by atoms with Crippen LogP contribution in [0.5, 0.6) is 0 Å². The highest BCUT2D eigenvalue weighted by atomic mass is 15.0. The van der Waals surface area contributed by atoms with Crippen molar-refractivity contribution in [3.8, 4) is 67.4 Å². The monoisotopic (exact) mass is 840 g/mol. The first-order valence-electron chi connectivity index (χ1n) is 22.5. The maximum atomic E-state index is 5.48. The molecule has 0 radical (unpaired) electrons. The molecule has 0 aliphatic carbocycles. The maximum Gasteiger partial charge on any atom is 0.160 e. The third-order valence-corrected chi connectivity index (χ3v) is 13.1. The Morgan fingerprint density at radius 1 is 0.242 bits per heavy atom. The van der Waals surface area contributed by atoms with E-state index in [1.165, 1.54) is 43.6 Å². The van der Waals surface area contributed by atoms with Crippen LogP contribution in [0.2, 0.25) is 0 Å². The molecular formula is C62H40N4. The highest BCUT2D eigenvalue weighted by Crippen LogP contribution is 2.38. The molecule has 0 N–H and O–H groups in total. The third-order valence-electron chi connectivity index (χ3n) is 13.1. The summed E-state index contributed by atoms with van der Waals surface area (Å²) in [6.45, 7) is 0. The average Bonchev–Trinajstić information content (AvgIpc) is 3.92. The van der Waals surface area contributed by atoms with Gasteiger partial charge in [0.1, 0.15) is 0 Å². The second kappa shape index (κ2) is 15.4. The summed E-state index contributed by atoms with van der Waals surface area (Å²) in [4.78, 5) is 10.8. The van der Waals surface area contributed by atoms with Gasteiger partial charge in [-0.1, -0.05) is 170 Å². The fourth-order valence-electron chi connectivity index (χ4n) is 10.0. The van der Waals surface area contributed by atoms with Crippen molar-refractivity contribution in [2.24, 2.45) is 0 Å². The predicted molar refractivity (Wildman–Crippen MR) is 275 cm³/mol. The summed E-state index contributed by atoms with van der Waals surface area (Å²) in [5.74, 6) is 0.684. The molecule has 0 aliphatic rings. The molecule has 0 saturated heterocycles. The van der Waals surface area contributed by atoms with Crippen LogP contribution in [-0.2, 0) is 0 Å². The summed E-state index contributed by atoms with van der Waals surface area (Å²) in [5.41, 5.74) is 17.5. The second-order valence-corrected chi connectivity index (χ2v) is 17.0. The van der Waals surface area contributed by atoms with Crippen molar-refractivity contribution in [2.45, 2.75) is 0 Å². The van der Waals surface area contributed by atoms with E-state index in [1.807, 2.05) is 0 Å². The fourth-order valence-corrected chi connectivity index (χ4v) is 10.0. The lowest BCUT2D eigenvalue weighted by Gasteiger charge is -2.14. The SMILES string of the molecule is c1ccc(-c2cccc(-c3nc(-c4cccc(-c5cccc(-n6c7ccccc7c7ccccc76)c5)c4)nc4ccc(-c5cccc(-n6c7ccccc7c7ccccc76)c5)cc34)c2)cc1. The highest BCUT2D eigenvalue weighted by molar-refractivity contribution is 6.10. The molecular weight excluding hydrogens is 801 g/mol. The summed E-state index contributed by atoms with van der Waals surface area (Å²) in [6, 6.07) is 86.9. The van der Waals surface area contributed by atoms with Crippen molar-refractivity contribution in [3.05, 3.63) is 243 Å². The van der Waals surface area contributed by atoms with Gasteiger partial charge in [-0.15, -0.1) is 0 Å². The number of para-hydroxylation sites is 4. The van der Waals surface area contributed by atoms with E-state index in [0.717, 1.165) is 72.5 Å². The van der Waals surface area contributed by atoms with Crippen molar-refractivity contribution in [3.63, 3.8) is 0 Å². The Kier molecular flexibility index (Phi) is 8.81. The van der Waals surface area contributed by atoms with E-state index in [2.05, 4.69) is 252 Å². The van der Waals surface area contributed by atoms with Crippen molar-refractivity contribution >= 4 is 54.5 Å². The molecule has 10 aromatic carbocycles. The minimum Gasteiger partial charge on any atom is -0.309 e. The van der Waals surface area contributed by atoms with Gasteiger partial charge in [-0.2, -0.15) is 0 Å². The van der Waals surface area contributed by atoms with Gasteiger partial charge in [-0.05, 0) is 106 Å². The number of rotatable bonds is 7. The molecule has 0 atom stereocenters. The zero-order chi connectivity index (χ0) is 43.6. The summed E-state index contributed by atoms with van der Waals surface area (Å²) in [6.07, 6.45) is 0. The Hall–Kier alpha value is -8.86. The van der Waals surface area contributed by atoms with Crippen LogP contribution in [0.3, 0.4) is 0 Å². The van der Waals surface area contributed by atoms with Gasteiger partial charge in [0.2, 0.25) is 0 Å². The van der Waals surface area contributed by atoms with Gasteiger partial charge in [0.25, 0.3) is 0 Å². The third kappa shape index (κ3) is 6.30. The predicted octanol–water partition coefficient (Wildman–Crippen LogP) is 16.2. The van der Waals surface area contributed by atoms with Crippen molar-refractivity contribution in [1.29, 1.82) is 0 Å². The van der Waals surface area contributed by atoms with E-state index in [4.69, 9.17) is 9.97 Å². The van der Waals surface area contributed by atoms with E-state index in [-0.39, 0.29) is 0 Å². The lowest BCUT2D eigenvalue weighted by atomic mass is 9.97. The molecule has 0 aliphatic heterocycles. The van der Waals surface area contributed by atoms with Gasteiger partial charge >= 0.3 is 0 Å². The fraction of sp³-hybridized carbons (Fsp3) is 0. The van der Waals surface area contributed by atoms with Crippen LogP contribution >= 0.6 is 0 Å². The van der Waals surface area contributed by atoms with Gasteiger partial charge in [0, 0.05) is 49.4 Å². The smallest absolute Gasteiger partial charge is 0.160 e. The standard InChI is InChI=1S/C62H40N4/c1-2-16-41(17-3-1)42-18-12-22-47(36-42)61-55-40-46(45-21-15-25-50(39-45)66-59-32-10-6-28-53(59)54-29-7-11-33-60(54)66)34-35-56(55)63-62(64-61)48-23-13-19-43(37-48)44-20-14-24-49(38-44)65-57-30-8-4-26-51(57)52-27-5-9-31-58(52)65/h1-40H. The van der Waals surface area contributed by atoms with E-state index in [1.54, 1.807) is 0 Å². The van der Waals surface area contributed by atoms with Crippen LogP contribution in [-0.4, -0.2) is 19.1 Å². The van der Waals surface area contributed by atoms with E-state index < -0.39 is 0 Å². The van der Waals surface area contributed by atoms with Gasteiger partial charge in [-0.3, -0.25) is 0 Å². The van der Waals surface area contributed by atoms with Gasteiger partial charge in [0.15, 0.2) is 5.82 Å². The summed E-state index contributed by atoms with van der Waals surface area (Å²) in [5, 5.41) is 5.99. The van der Waals surface area contributed by atoms with Crippen molar-refractivity contribution in [1.82, 2.24) is 19.1 Å². The molecule has 3 heterocycles. The quantitative estimate of drug-likeness (QED) is 0.160. The Labute approximate surface area is 382 Å². The number of hydrogen-bond donors (Lipinski definition) is 0. The topological polar surface area (TPSA) is 35.6 Å². The lowest BCUT2D eigenvalue weighted by Crippen LogP contribution is -1.97. The molecule has 4 heteroatoms. The van der Waals surface area contributed by atoms with E-state index >= 15 is 0 Å². The zero-order valence-electron chi connectivity index (χ0n) is 35.9. The molecule has 0 bridgehead atoms. The minimum absolute atomic E-state index is 0.684. The van der Waals surface area contributed by atoms with Crippen LogP contribution < -0.4 is 0 Å². The molecule has 0 amide bonds. The van der Waals surface area contributed by atoms with Gasteiger partial charge < -0.3 is 9.13 Å². The first kappa shape index (κ1) is 37.7. The first-order valence-corrected chi connectivity index (χ1v) is 22.5. The van der Waals surface area contributed by atoms with Crippen LogP contribution in [0.25, 0.3) is 122 Å². The molecule has 3 aromatic heterocycles. The van der Waals surface area contributed by atoms with Crippen molar-refractivity contribution in [2.75, 3.05) is 0 Å². The van der Waals surface area contributed by atoms with Gasteiger partial charge in [-0.25, -0.2) is 9.97 Å². The Bertz CT molecular complexity index is 3900. The van der Waals surface area contributed by atoms with E-state index in [0.29, 0.717) is 5.82 Å². The van der Waals surface area contributed by atoms with Crippen LogP contribution in [0.1, 0.15) is 0 Å². The number of hydrogen-bond acceptors (Lipinski definition) is 2. The summed E-state index contributed by atoms with van der Waals surface area (Å²) >= 11 is 0. The summed E-state index contributed by atoms with van der Waals surface area (Å²) in [7, 11) is 0. The largest absolute Gasteiger partial charge is 0.309 e. The Morgan fingerprint density at radius 2 is 0.636 bits per heavy atom. The summed E-state index contributed by atoms with van der Waals surface area (Å²) < 4.78 is 4.75. The Balaban J connectivity index is 0.942. The van der Waals surface area contributed by atoms with Crippen LogP contribution in [0.15, 0.2) is 243 Å². The van der Waals surface area contributed by atoms with Crippen LogP contribution in [0.4, 0.5) is 0 Å². The molecule has 0 unspecified atom stereocenters. The molecule has 13 rings (SSSR count). The molecule has 308 valence electrons. The highest BCUT2D eigenvalue weighted by Gasteiger charge is 2.17. The number of aromatic nitrogens is 4. The first-order chi connectivity index (χ1) is 32.7. The maximum absolute atomic E-state index is 5.48. The van der Waals surface area contributed by atoms with E-state index in [9.17, 15) is 0 Å². The molecule has 0 fully saturated rings. The zero-order valence-corrected chi connectivity index (χ0v) is 35.9. The van der Waals surface area contributed by atoms with Crippen LogP contribution in [0, 0.1) is 0 Å². The minimum atomic E-state index is 0.684. The number of nitrogens with zero attached hydrogens (tertiary/aromatic N) is 4.